The average molecular weight is 366 g/mol. The Labute approximate surface area is 160 Å². The maximum Gasteiger partial charge on any atom is 0.255 e. The molecule has 5 heteroatoms. The first-order valence-corrected chi connectivity index (χ1v) is 9.52. The summed E-state index contributed by atoms with van der Waals surface area (Å²) in [6.45, 7) is 6.10. The highest BCUT2D eigenvalue weighted by molar-refractivity contribution is 6.04. The van der Waals surface area contributed by atoms with Crippen molar-refractivity contribution in [3.63, 3.8) is 0 Å². The van der Waals surface area contributed by atoms with Gasteiger partial charge in [0.1, 0.15) is 5.75 Å². The summed E-state index contributed by atoms with van der Waals surface area (Å²) < 4.78 is 5.51. The molecule has 0 aromatic heterocycles. The van der Waals surface area contributed by atoms with Crippen molar-refractivity contribution in [2.45, 2.75) is 33.1 Å². The van der Waals surface area contributed by atoms with Crippen molar-refractivity contribution in [3.05, 3.63) is 59.2 Å². The van der Waals surface area contributed by atoms with Gasteiger partial charge in [-0.05, 0) is 81.1 Å². The van der Waals surface area contributed by atoms with Gasteiger partial charge in [-0.25, -0.2) is 0 Å². The van der Waals surface area contributed by atoms with E-state index in [9.17, 15) is 9.59 Å². The summed E-state index contributed by atoms with van der Waals surface area (Å²) in [5, 5.41) is 2.88. The van der Waals surface area contributed by atoms with Crippen LogP contribution in [0, 0.1) is 6.92 Å². The topological polar surface area (TPSA) is 58.6 Å². The molecular formula is C22H26N2O3. The predicted octanol–water partition coefficient (Wildman–Crippen LogP) is 4.27. The fraction of sp³-hybridized carbons (Fsp3) is 0.364. The van der Waals surface area contributed by atoms with E-state index in [-0.39, 0.29) is 11.8 Å². The quantitative estimate of drug-likeness (QED) is 0.860. The molecule has 2 aromatic carbocycles. The molecule has 27 heavy (non-hydrogen) atoms. The second kappa shape index (κ2) is 8.71. The molecule has 0 aliphatic carbocycles. The van der Waals surface area contributed by atoms with Crippen molar-refractivity contribution in [1.82, 2.24) is 4.90 Å². The highest BCUT2D eigenvalue weighted by atomic mass is 16.5. The molecular weight excluding hydrogens is 340 g/mol. The standard InChI is InChI=1S/C22H26N2O3/c1-3-27-20-12-9-18(15-16(20)2)21(25)23-19-10-7-17(8-11-19)22(26)24-13-5-4-6-14-24/h7-12,15H,3-6,13-14H2,1-2H3,(H,23,25). The predicted molar refractivity (Wildman–Crippen MR) is 106 cm³/mol. The molecule has 0 saturated carbocycles. The van der Waals surface area contributed by atoms with Crippen LogP contribution in [0.4, 0.5) is 5.69 Å². The average Bonchev–Trinajstić information content (AvgIpc) is 2.70. The molecule has 1 aliphatic heterocycles. The molecule has 1 saturated heterocycles. The van der Waals surface area contributed by atoms with Gasteiger partial charge in [-0.2, -0.15) is 0 Å². The second-order valence-electron chi connectivity index (χ2n) is 6.80. The van der Waals surface area contributed by atoms with Crippen molar-refractivity contribution in [1.29, 1.82) is 0 Å². The third-order valence-corrected chi connectivity index (χ3v) is 4.77. The molecule has 5 nitrogen and oxygen atoms in total. The zero-order chi connectivity index (χ0) is 19.2. The number of hydrogen-bond donors (Lipinski definition) is 1. The molecule has 142 valence electrons. The van der Waals surface area contributed by atoms with Gasteiger partial charge in [0.15, 0.2) is 0 Å². The summed E-state index contributed by atoms with van der Waals surface area (Å²) in [4.78, 5) is 26.9. The Balaban J connectivity index is 1.64. The lowest BCUT2D eigenvalue weighted by Crippen LogP contribution is -2.35. The van der Waals surface area contributed by atoms with Gasteiger partial charge in [-0.1, -0.05) is 0 Å². The summed E-state index contributed by atoms with van der Waals surface area (Å²) in [5.41, 5.74) is 2.82. The minimum Gasteiger partial charge on any atom is -0.494 e. The minimum absolute atomic E-state index is 0.0646. The zero-order valence-electron chi connectivity index (χ0n) is 16.0. The SMILES string of the molecule is CCOc1ccc(C(=O)Nc2ccc(C(=O)N3CCCCC3)cc2)cc1C. The van der Waals surface area contributed by atoms with Crippen LogP contribution in [0.5, 0.6) is 5.75 Å². The van der Waals surface area contributed by atoms with Crippen LogP contribution in [0.15, 0.2) is 42.5 Å². The lowest BCUT2D eigenvalue weighted by Gasteiger charge is -2.26. The molecule has 0 atom stereocenters. The Bertz CT molecular complexity index is 809. The smallest absolute Gasteiger partial charge is 0.255 e. The lowest BCUT2D eigenvalue weighted by atomic mass is 10.1. The number of benzene rings is 2. The Kier molecular flexibility index (Phi) is 6.12. The number of rotatable bonds is 5. The number of nitrogens with one attached hydrogen (secondary N) is 1. The second-order valence-corrected chi connectivity index (χ2v) is 6.80. The van der Waals surface area contributed by atoms with Crippen molar-refractivity contribution in [3.8, 4) is 5.75 Å². The Morgan fingerprint density at radius 3 is 2.30 bits per heavy atom. The number of nitrogens with zero attached hydrogens (tertiary/aromatic N) is 1. The Hall–Kier alpha value is -2.82. The number of likely N-dealkylation sites (tertiary alicyclic amines) is 1. The van der Waals surface area contributed by atoms with Crippen LogP contribution in [0.25, 0.3) is 0 Å². The summed E-state index contributed by atoms with van der Waals surface area (Å²) >= 11 is 0. The van der Waals surface area contributed by atoms with E-state index in [0.29, 0.717) is 23.4 Å². The first-order valence-electron chi connectivity index (χ1n) is 9.52. The Morgan fingerprint density at radius 1 is 1.00 bits per heavy atom. The number of carbonyl (C=O) groups excluding carboxylic acids is 2. The van der Waals surface area contributed by atoms with E-state index in [4.69, 9.17) is 4.74 Å². The lowest BCUT2D eigenvalue weighted by molar-refractivity contribution is 0.0724. The maximum absolute atomic E-state index is 12.5. The van der Waals surface area contributed by atoms with Gasteiger partial charge in [-0.15, -0.1) is 0 Å². The van der Waals surface area contributed by atoms with E-state index in [1.165, 1.54) is 6.42 Å². The number of hydrogen-bond acceptors (Lipinski definition) is 3. The van der Waals surface area contributed by atoms with E-state index in [0.717, 1.165) is 37.2 Å². The fourth-order valence-electron chi connectivity index (χ4n) is 3.29. The first-order chi connectivity index (χ1) is 13.1. The number of aryl methyl sites for hydroxylation is 1. The molecule has 1 heterocycles. The fourth-order valence-corrected chi connectivity index (χ4v) is 3.29. The van der Waals surface area contributed by atoms with E-state index in [1.54, 1.807) is 30.3 Å². The molecule has 0 radical (unpaired) electrons. The molecule has 1 N–H and O–H groups in total. The molecule has 0 unspecified atom stereocenters. The van der Waals surface area contributed by atoms with E-state index < -0.39 is 0 Å². The van der Waals surface area contributed by atoms with Crippen LogP contribution in [0.3, 0.4) is 0 Å². The summed E-state index contributed by atoms with van der Waals surface area (Å²) in [5.74, 6) is 0.667. The Morgan fingerprint density at radius 2 is 1.67 bits per heavy atom. The molecule has 3 rings (SSSR count). The molecule has 1 fully saturated rings. The minimum atomic E-state index is -0.184. The van der Waals surface area contributed by atoms with Crippen LogP contribution < -0.4 is 10.1 Å². The van der Waals surface area contributed by atoms with Gasteiger partial charge < -0.3 is 15.0 Å². The molecule has 0 bridgehead atoms. The van der Waals surface area contributed by atoms with Crippen molar-refractivity contribution < 1.29 is 14.3 Å². The van der Waals surface area contributed by atoms with Crippen LogP contribution in [-0.2, 0) is 0 Å². The van der Waals surface area contributed by atoms with Crippen molar-refractivity contribution >= 4 is 17.5 Å². The monoisotopic (exact) mass is 366 g/mol. The van der Waals surface area contributed by atoms with E-state index in [1.807, 2.05) is 30.9 Å². The van der Waals surface area contributed by atoms with Crippen molar-refractivity contribution in [2.24, 2.45) is 0 Å². The van der Waals surface area contributed by atoms with Crippen LogP contribution in [0.1, 0.15) is 52.5 Å². The highest BCUT2D eigenvalue weighted by Crippen LogP contribution is 2.20. The van der Waals surface area contributed by atoms with Gasteiger partial charge in [-0.3, -0.25) is 9.59 Å². The van der Waals surface area contributed by atoms with Gasteiger partial charge in [0.05, 0.1) is 6.61 Å². The molecule has 2 aromatic rings. The van der Waals surface area contributed by atoms with Gasteiger partial charge in [0.2, 0.25) is 0 Å². The molecule has 2 amide bonds. The van der Waals surface area contributed by atoms with E-state index in [2.05, 4.69) is 5.32 Å². The first kappa shape index (κ1) is 19.0. The zero-order valence-corrected chi connectivity index (χ0v) is 16.0. The van der Waals surface area contributed by atoms with Crippen molar-refractivity contribution in [2.75, 3.05) is 25.0 Å². The van der Waals surface area contributed by atoms with Gasteiger partial charge >= 0.3 is 0 Å². The number of carbonyl (C=O) groups is 2. The normalized spacial score (nSPS) is 13.9. The third kappa shape index (κ3) is 4.67. The van der Waals surface area contributed by atoms with Crippen LogP contribution >= 0.6 is 0 Å². The molecule has 0 spiro atoms. The van der Waals surface area contributed by atoms with E-state index >= 15 is 0 Å². The van der Waals surface area contributed by atoms with Gasteiger partial charge in [0, 0.05) is 29.9 Å². The maximum atomic E-state index is 12.5. The van der Waals surface area contributed by atoms with Crippen LogP contribution in [0.2, 0.25) is 0 Å². The summed E-state index contributed by atoms with van der Waals surface area (Å²) in [6, 6.07) is 12.5. The number of ether oxygens (including phenoxy) is 1. The highest BCUT2D eigenvalue weighted by Gasteiger charge is 2.18. The number of piperidine rings is 1. The summed E-state index contributed by atoms with van der Waals surface area (Å²) in [7, 11) is 0. The largest absolute Gasteiger partial charge is 0.494 e. The van der Waals surface area contributed by atoms with Crippen LogP contribution in [-0.4, -0.2) is 36.4 Å². The third-order valence-electron chi connectivity index (χ3n) is 4.77. The van der Waals surface area contributed by atoms with Gasteiger partial charge in [0.25, 0.3) is 11.8 Å². The summed E-state index contributed by atoms with van der Waals surface area (Å²) in [6.07, 6.45) is 3.34. The number of amides is 2. The molecule has 1 aliphatic rings. The number of anilines is 1.